The second kappa shape index (κ2) is 16.1. The van der Waals surface area contributed by atoms with E-state index in [0.29, 0.717) is 17.6 Å². The molecule has 0 aromatic heterocycles. The number of allylic oxidation sites excluding steroid dienone is 2. The molecule has 2 rings (SSSR count). The van der Waals surface area contributed by atoms with E-state index in [0.717, 1.165) is 0 Å². The molecule has 0 unspecified atom stereocenters. The standard InChI is InChI=1S/C30H44N4O8/c1-16-12-20-25(33-11-10-31)22(35)15-21(27(20)37)34-29(38)17(2)8-7-9-23(40-5)28(42-30(32)39)19(4)14-18(3)26(36)24(13-16)41-6/h7-9,11,14-16,18,23-24,26,28,35-37H,10,12-13,31H2,1-6H3,(H2,32,39)(H,34,38)/t16-,18+,23+,24+,26-,28+/m1/s1. The van der Waals surface area contributed by atoms with Gasteiger partial charge in [-0.2, -0.15) is 0 Å². The first-order chi connectivity index (χ1) is 19.8. The summed E-state index contributed by atoms with van der Waals surface area (Å²) in [6.07, 6.45) is 4.23. The molecule has 6 atom stereocenters. The Bertz CT molecular complexity index is 1230. The largest absolute Gasteiger partial charge is 0.506 e. The number of primary amides is 1. The van der Waals surface area contributed by atoms with Crippen LogP contribution in [0.2, 0.25) is 0 Å². The Balaban J connectivity index is 2.69. The molecule has 12 nitrogen and oxygen atoms in total. The van der Waals surface area contributed by atoms with Crippen molar-refractivity contribution >= 4 is 29.6 Å². The molecular weight excluding hydrogens is 544 g/mol. The number of fused-ring (bicyclic) bond motifs is 2. The molecular formula is C30H44N4O8. The summed E-state index contributed by atoms with van der Waals surface area (Å²) in [5.41, 5.74) is 12.2. The number of nitrogens with two attached hydrogens (primary N) is 2. The highest BCUT2D eigenvalue weighted by atomic mass is 16.6. The lowest BCUT2D eigenvalue weighted by atomic mass is 9.87. The number of rotatable bonds is 5. The number of hydrogen-bond donors (Lipinski definition) is 6. The lowest BCUT2D eigenvalue weighted by Gasteiger charge is -2.29. The normalized spacial score (nSPS) is 26.4. The summed E-state index contributed by atoms with van der Waals surface area (Å²) in [6, 6.07) is 1.22. The van der Waals surface area contributed by atoms with Crippen molar-refractivity contribution in [2.45, 2.75) is 65.0 Å². The molecule has 1 aliphatic heterocycles. The van der Waals surface area contributed by atoms with Crippen molar-refractivity contribution in [2.75, 3.05) is 26.1 Å². The molecule has 0 aliphatic carbocycles. The van der Waals surface area contributed by atoms with Gasteiger partial charge in [-0.15, -0.1) is 0 Å². The summed E-state index contributed by atoms with van der Waals surface area (Å²) < 4.78 is 16.6. The first kappa shape index (κ1) is 34.5. The van der Waals surface area contributed by atoms with Crippen LogP contribution in [0.5, 0.6) is 11.5 Å². The van der Waals surface area contributed by atoms with Gasteiger partial charge in [-0.1, -0.05) is 38.2 Å². The maximum absolute atomic E-state index is 13.0. The van der Waals surface area contributed by atoms with Crippen LogP contribution in [0.15, 0.2) is 46.5 Å². The van der Waals surface area contributed by atoms with Gasteiger partial charge in [0.15, 0.2) is 6.10 Å². The molecule has 1 aromatic rings. The molecule has 1 heterocycles. The zero-order valence-corrected chi connectivity index (χ0v) is 25.0. The van der Waals surface area contributed by atoms with Gasteiger partial charge in [-0.3, -0.25) is 9.79 Å². The van der Waals surface area contributed by atoms with Crippen LogP contribution in [-0.4, -0.2) is 78.7 Å². The van der Waals surface area contributed by atoms with Gasteiger partial charge in [0.05, 0.1) is 17.9 Å². The van der Waals surface area contributed by atoms with Crippen molar-refractivity contribution in [3.63, 3.8) is 0 Å². The van der Waals surface area contributed by atoms with Gasteiger partial charge in [-0.25, -0.2) is 4.79 Å². The van der Waals surface area contributed by atoms with Gasteiger partial charge in [0.25, 0.3) is 5.91 Å². The van der Waals surface area contributed by atoms with E-state index in [9.17, 15) is 24.9 Å². The van der Waals surface area contributed by atoms with E-state index in [2.05, 4.69) is 10.3 Å². The van der Waals surface area contributed by atoms with E-state index in [4.69, 9.17) is 25.7 Å². The number of aliphatic hydroxyl groups excluding tert-OH is 1. The minimum atomic E-state index is -0.996. The molecule has 1 aliphatic rings. The molecule has 1 aromatic carbocycles. The fraction of sp³-hybridized carbons (Fsp3) is 0.500. The highest BCUT2D eigenvalue weighted by Crippen LogP contribution is 2.44. The summed E-state index contributed by atoms with van der Waals surface area (Å²) in [4.78, 5) is 29.0. The quantitative estimate of drug-likeness (QED) is 0.129. The third kappa shape index (κ3) is 9.15. The van der Waals surface area contributed by atoms with E-state index in [-0.39, 0.29) is 47.3 Å². The van der Waals surface area contributed by atoms with Crippen LogP contribution in [0.1, 0.15) is 39.7 Å². The number of phenols is 2. The molecule has 2 amide bonds. The molecule has 0 saturated carbocycles. The number of carbonyl (C=O) groups is 2. The summed E-state index contributed by atoms with van der Waals surface area (Å²) >= 11 is 0. The Kier molecular flexibility index (Phi) is 13.2. The number of aromatic hydroxyl groups is 2. The van der Waals surface area contributed by atoms with Crippen molar-refractivity contribution in [3.8, 4) is 11.5 Å². The van der Waals surface area contributed by atoms with Gasteiger partial charge in [0, 0.05) is 50.1 Å². The highest BCUT2D eigenvalue weighted by molar-refractivity contribution is 6.04. The predicted molar refractivity (Wildman–Crippen MR) is 161 cm³/mol. The van der Waals surface area contributed by atoms with Crippen LogP contribution >= 0.6 is 0 Å². The number of ether oxygens (including phenoxy) is 3. The summed E-state index contributed by atoms with van der Waals surface area (Å²) in [6.45, 7) is 7.14. The van der Waals surface area contributed by atoms with Crippen LogP contribution in [-0.2, 0) is 25.4 Å². The number of nitrogens with one attached hydrogen (secondary N) is 1. The predicted octanol–water partition coefficient (Wildman–Crippen LogP) is 3.22. The first-order valence-electron chi connectivity index (χ1n) is 13.7. The first-order valence-corrected chi connectivity index (χ1v) is 13.7. The third-order valence-electron chi connectivity index (χ3n) is 7.13. The van der Waals surface area contributed by atoms with Crippen molar-refractivity contribution in [2.24, 2.45) is 28.3 Å². The minimum Gasteiger partial charge on any atom is -0.506 e. The second-order valence-corrected chi connectivity index (χ2v) is 10.5. The molecule has 0 spiro atoms. The number of carbonyl (C=O) groups excluding carboxylic acids is 2. The van der Waals surface area contributed by atoms with Crippen LogP contribution in [0, 0.1) is 11.8 Å². The summed E-state index contributed by atoms with van der Waals surface area (Å²) in [7, 11) is 2.93. The maximum atomic E-state index is 13.0. The molecule has 0 fully saturated rings. The number of benzene rings is 1. The monoisotopic (exact) mass is 588 g/mol. The average molecular weight is 589 g/mol. The number of phenolic OH excluding ortho intramolecular Hbond substituents is 2. The van der Waals surface area contributed by atoms with Crippen molar-refractivity contribution in [3.05, 3.63) is 47.1 Å². The van der Waals surface area contributed by atoms with E-state index in [1.807, 2.05) is 13.8 Å². The summed E-state index contributed by atoms with van der Waals surface area (Å²) in [5, 5.41) is 35.8. The average Bonchev–Trinajstić information content (AvgIpc) is 2.94. The van der Waals surface area contributed by atoms with Gasteiger partial charge in [0.2, 0.25) is 0 Å². The van der Waals surface area contributed by atoms with Crippen molar-refractivity contribution in [1.29, 1.82) is 0 Å². The maximum Gasteiger partial charge on any atom is 0.405 e. The van der Waals surface area contributed by atoms with Crippen LogP contribution in [0.3, 0.4) is 0 Å². The van der Waals surface area contributed by atoms with Gasteiger partial charge in [0.1, 0.15) is 23.3 Å². The molecule has 2 bridgehead atoms. The van der Waals surface area contributed by atoms with Crippen LogP contribution in [0.25, 0.3) is 0 Å². The zero-order chi connectivity index (χ0) is 31.6. The Hall–Kier alpha value is -3.71. The number of nitrogens with zero attached hydrogens (tertiary/aromatic N) is 1. The van der Waals surface area contributed by atoms with Crippen LogP contribution < -0.4 is 16.8 Å². The van der Waals surface area contributed by atoms with Gasteiger partial charge < -0.3 is 46.3 Å². The molecule has 0 radical (unpaired) electrons. The summed E-state index contributed by atoms with van der Waals surface area (Å²) in [5.74, 6) is -1.63. The second-order valence-electron chi connectivity index (χ2n) is 10.5. The topological polar surface area (TPSA) is 199 Å². The fourth-order valence-corrected chi connectivity index (χ4v) is 4.88. The van der Waals surface area contributed by atoms with Gasteiger partial charge in [-0.05, 0) is 38.2 Å². The van der Waals surface area contributed by atoms with E-state index < -0.39 is 42.3 Å². The number of amides is 2. The lowest BCUT2D eigenvalue weighted by Crippen LogP contribution is -2.37. The Morgan fingerprint density at radius 3 is 2.50 bits per heavy atom. The fourth-order valence-electron chi connectivity index (χ4n) is 4.88. The zero-order valence-electron chi connectivity index (χ0n) is 25.0. The number of aliphatic hydroxyl groups is 1. The highest BCUT2D eigenvalue weighted by Gasteiger charge is 2.30. The molecule has 8 N–H and O–H groups in total. The third-order valence-corrected chi connectivity index (χ3v) is 7.13. The molecule has 232 valence electrons. The number of hydrogen-bond acceptors (Lipinski definition) is 10. The smallest absolute Gasteiger partial charge is 0.405 e. The van der Waals surface area contributed by atoms with Crippen molar-refractivity contribution in [1.82, 2.24) is 0 Å². The van der Waals surface area contributed by atoms with E-state index in [1.54, 1.807) is 32.1 Å². The number of aliphatic imine (C=N–C) groups is 1. The molecule has 12 heteroatoms. The Morgan fingerprint density at radius 2 is 1.90 bits per heavy atom. The van der Waals surface area contributed by atoms with E-state index in [1.165, 1.54) is 32.6 Å². The molecule has 0 saturated heterocycles. The Labute approximate surface area is 246 Å². The molecule has 42 heavy (non-hydrogen) atoms. The number of anilines is 1. The van der Waals surface area contributed by atoms with Gasteiger partial charge >= 0.3 is 6.09 Å². The SMILES string of the molecule is CO[C@H]1C=CC=C(C)C(=O)Nc2cc(O)c(N=CCN)c(c2O)C[C@@H](C)C[C@H](OC)[C@H](O)[C@@H](C)C=C(C)[C@@H]1OC(N)=O. The minimum absolute atomic E-state index is 0.00232. The number of methoxy groups -OCH3 is 2. The van der Waals surface area contributed by atoms with Crippen molar-refractivity contribution < 1.29 is 39.1 Å². The van der Waals surface area contributed by atoms with E-state index >= 15 is 0 Å². The Morgan fingerprint density at radius 1 is 1.21 bits per heavy atom. The lowest BCUT2D eigenvalue weighted by molar-refractivity contribution is -0.112. The van der Waals surface area contributed by atoms with Crippen LogP contribution in [0.4, 0.5) is 16.2 Å².